The molecule has 0 aliphatic rings. The summed E-state index contributed by atoms with van der Waals surface area (Å²) < 4.78 is 12.0. The zero-order chi connectivity index (χ0) is 28.2. The molecule has 0 saturated heterocycles. The average Bonchev–Trinajstić information content (AvgIpc) is 3.32. The minimum Gasteiger partial charge on any atom is -0.493 e. The average molecular weight is 664 g/mol. The van der Waals surface area contributed by atoms with E-state index >= 15 is 0 Å². The molecule has 0 aliphatic heterocycles. The van der Waals surface area contributed by atoms with Gasteiger partial charge in [-0.3, -0.25) is 4.79 Å². The van der Waals surface area contributed by atoms with Crippen LogP contribution in [0.4, 0.5) is 0 Å². The van der Waals surface area contributed by atoms with Gasteiger partial charge in [-0.15, -0.1) is 0 Å². The number of H-pyrrole nitrogens is 1. The number of rotatable bonds is 7. The number of esters is 1. The third kappa shape index (κ3) is 5.88. The molecule has 0 bridgehead atoms. The predicted molar refractivity (Wildman–Crippen MR) is 166 cm³/mol. The van der Waals surface area contributed by atoms with E-state index in [9.17, 15) is 9.59 Å². The number of aromatic nitrogens is 1. The first kappa shape index (κ1) is 27.4. The molecule has 0 unspecified atom stereocenters. The minimum absolute atomic E-state index is 0.270. The van der Waals surface area contributed by atoms with Crippen molar-refractivity contribution in [1.29, 1.82) is 0 Å². The number of fused-ring (bicyclic) bond motifs is 1. The van der Waals surface area contributed by atoms with Crippen LogP contribution in [0.15, 0.2) is 90.0 Å². The Morgan fingerprint density at radius 3 is 2.50 bits per heavy atom. The van der Waals surface area contributed by atoms with Crippen LogP contribution in [0.5, 0.6) is 11.5 Å². The Labute approximate surface area is 249 Å². The normalized spacial score (nSPS) is 11.1. The van der Waals surface area contributed by atoms with Gasteiger partial charge in [0.1, 0.15) is 5.69 Å². The van der Waals surface area contributed by atoms with Crippen LogP contribution in [-0.4, -0.2) is 30.2 Å². The SMILES string of the molecule is COc1cc(C=NNC(=O)c2[nH]c3ccc(I)cc3c2-c2ccccc2Cl)ccc1OC(=O)c1ccc(C)cc1. The van der Waals surface area contributed by atoms with Gasteiger partial charge in [0.25, 0.3) is 5.91 Å². The van der Waals surface area contributed by atoms with Crippen molar-refractivity contribution in [2.75, 3.05) is 7.11 Å². The topological polar surface area (TPSA) is 92.8 Å². The molecule has 200 valence electrons. The third-order valence-electron chi connectivity index (χ3n) is 6.19. The Kier molecular flexibility index (Phi) is 8.18. The van der Waals surface area contributed by atoms with E-state index in [1.807, 2.05) is 55.5 Å². The Balaban J connectivity index is 1.36. The zero-order valence-electron chi connectivity index (χ0n) is 21.5. The summed E-state index contributed by atoms with van der Waals surface area (Å²) >= 11 is 8.75. The number of hydrazone groups is 1. The maximum absolute atomic E-state index is 13.3. The molecular formula is C31H23ClIN3O4. The van der Waals surface area contributed by atoms with Crippen molar-refractivity contribution in [3.05, 3.63) is 116 Å². The van der Waals surface area contributed by atoms with Crippen LogP contribution in [0.2, 0.25) is 5.02 Å². The molecule has 5 aromatic rings. The molecule has 4 aromatic carbocycles. The van der Waals surface area contributed by atoms with Crippen LogP contribution in [0, 0.1) is 10.5 Å². The zero-order valence-corrected chi connectivity index (χ0v) is 24.4. The number of halogens is 2. The quantitative estimate of drug-likeness (QED) is 0.0625. The maximum Gasteiger partial charge on any atom is 0.343 e. The van der Waals surface area contributed by atoms with Gasteiger partial charge in [0, 0.05) is 30.6 Å². The van der Waals surface area contributed by atoms with E-state index in [1.165, 1.54) is 13.3 Å². The number of ether oxygens (including phenoxy) is 2. The number of benzene rings is 4. The Bertz CT molecular complexity index is 1760. The van der Waals surface area contributed by atoms with Gasteiger partial charge >= 0.3 is 5.97 Å². The van der Waals surface area contributed by atoms with E-state index in [1.54, 1.807) is 36.4 Å². The van der Waals surface area contributed by atoms with E-state index in [-0.39, 0.29) is 5.75 Å². The Hall–Kier alpha value is -4.15. The molecule has 5 rings (SSSR count). The summed E-state index contributed by atoms with van der Waals surface area (Å²) in [6.45, 7) is 1.94. The second-order valence-corrected chi connectivity index (χ2v) is 10.6. The first-order valence-corrected chi connectivity index (χ1v) is 13.7. The lowest BCUT2D eigenvalue weighted by atomic mass is 10.0. The van der Waals surface area contributed by atoms with Crippen molar-refractivity contribution in [1.82, 2.24) is 10.4 Å². The lowest BCUT2D eigenvalue weighted by molar-refractivity contribution is 0.0729. The summed E-state index contributed by atoms with van der Waals surface area (Å²) in [5, 5.41) is 5.56. The summed E-state index contributed by atoms with van der Waals surface area (Å²) in [7, 11) is 1.48. The van der Waals surface area contributed by atoms with Gasteiger partial charge in [-0.25, -0.2) is 10.2 Å². The maximum atomic E-state index is 13.3. The first-order valence-electron chi connectivity index (χ1n) is 12.2. The van der Waals surface area contributed by atoms with Crippen molar-refractivity contribution in [3.8, 4) is 22.6 Å². The number of carbonyl (C=O) groups is 2. The molecule has 1 heterocycles. The van der Waals surface area contributed by atoms with E-state index < -0.39 is 11.9 Å². The standard InChI is InChI=1S/C31H23ClIN3O4/c1-18-7-10-20(11-8-18)31(38)40-26-14-9-19(15-27(26)39-2)17-34-36-30(37)29-28(22-5-3-4-6-24(22)32)23-16-21(33)12-13-25(23)35-29/h3-17,35H,1-2H3,(H,36,37). The number of nitrogens with zero attached hydrogens (tertiary/aromatic N) is 1. The van der Waals surface area contributed by atoms with Crippen molar-refractivity contribution in [3.63, 3.8) is 0 Å². The second kappa shape index (κ2) is 11.9. The Morgan fingerprint density at radius 2 is 1.75 bits per heavy atom. The van der Waals surface area contributed by atoms with Crippen LogP contribution in [0.1, 0.15) is 32.0 Å². The van der Waals surface area contributed by atoms with Crippen LogP contribution >= 0.6 is 34.2 Å². The van der Waals surface area contributed by atoms with Gasteiger partial charge < -0.3 is 14.5 Å². The molecule has 0 spiro atoms. The lowest BCUT2D eigenvalue weighted by Gasteiger charge is -2.10. The lowest BCUT2D eigenvalue weighted by Crippen LogP contribution is -2.19. The smallest absolute Gasteiger partial charge is 0.343 e. The fraction of sp³-hybridized carbons (Fsp3) is 0.0645. The molecule has 1 aromatic heterocycles. The monoisotopic (exact) mass is 663 g/mol. The van der Waals surface area contributed by atoms with Crippen molar-refractivity contribution < 1.29 is 19.1 Å². The highest BCUT2D eigenvalue weighted by atomic mass is 127. The van der Waals surface area contributed by atoms with Crippen LogP contribution < -0.4 is 14.9 Å². The molecule has 0 aliphatic carbocycles. The number of amides is 1. The number of methoxy groups -OCH3 is 1. The highest BCUT2D eigenvalue weighted by molar-refractivity contribution is 14.1. The molecule has 40 heavy (non-hydrogen) atoms. The van der Waals surface area contributed by atoms with Crippen molar-refractivity contribution >= 4 is 63.2 Å². The number of hydrogen-bond donors (Lipinski definition) is 2. The number of aromatic amines is 1. The second-order valence-electron chi connectivity index (χ2n) is 8.91. The summed E-state index contributed by atoms with van der Waals surface area (Å²) in [6, 6.07) is 25.4. The predicted octanol–water partition coefficient (Wildman–Crippen LogP) is 7.39. The third-order valence-corrected chi connectivity index (χ3v) is 7.19. The summed E-state index contributed by atoms with van der Waals surface area (Å²) in [5.41, 5.74) is 7.30. The number of nitrogens with one attached hydrogen (secondary N) is 2. The molecule has 0 fully saturated rings. The summed E-state index contributed by atoms with van der Waals surface area (Å²) in [5.74, 6) is -0.296. The van der Waals surface area contributed by atoms with Crippen LogP contribution in [0.25, 0.3) is 22.0 Å². The van der Waals surface area contributed by atoms with Crippen LogP contribution in [0.3, 0.4) is 0 Å². The first-order chi connectivity index (χ1) is 19.3. The molecule has 0 radical (unpaired) electrons. The van der Waals surface area contributed by atoms with Gasteiger partial charge in [0.15, 0.2) is 11.5 Å². The number of carbonyl (C=O) groups excluding carboxylic acids is 2. The van der Waals surface area contributed by atoms with E-state index in [0.717, 1.165) is 25.6 Å². The summed E-state index contributed by atoms with van der Waals surface area (Å²) in [6.07, 6.45) is 1.48. The summed E-state index contributed by atoms with van der Waals surface area (Å²) in [4.78, 5) is 29.0. The van der Waals surface area contributed by atoms with Crippen LogP contribution in [-0.2, 0) is 0 Å². The molecule has 7 nitrogen and oxygen atoms in total. The highest BCUT2D eigenvalue weighted by Gasteiger charge is 2.21. The highest BCUT2D eigenvalue weighted by Crippen LogP contribution is 2.37. The van der Waals surface area contributed by atoms with Gasteiger partial charge in [0.2, 0.25) is 0 Å². The van der Waals surface area contributed by atoms with Crippen molar-refractivity contribution in [2.45, 2.75) is 6.92 Å². The number of hydrogen-bond acceptors (Lipinski definition) is 5. The fourth-order valence-electron chi connectivity index (χ4n) is 4.20. The molecular weight excluding hydrogens is 641 g/mol. The van der Waals surface area contributed by atoms with E-state index in [4.69, 9.17) is 21.1 Å². The van der Waals surface area contributed by atoms with Gasteiger partial charge in [0.05, 0.1) is 18.9 Å². The van der Waals surface area contributed by atoms with Gasteiger partial charge in [-0.1, -0.05) is 47.5 Å². The number of aryl methyl sites for hydroxylation is 1. The van der Waals surface area contributed by atoms with E-state index in [0.29, 0.717) is 33.2 Å². The van der Waals surface area contributed by atoms with E-state index in [2.05, 4.69) is 38.1 Å². The van der Waals surface area contributed by atoms with Gasteiger partial charge in [-0.2, -0.15) is 5.10 Å². The fourth-order valence-corrected chi connectivity index (χ4v) is 4.92. The molecule has 2 N–H and O–H groups in total. The molecule has 1 amide bonds. The largest absolute Gasteiger partial charge is 0.493 e. The molecule has 9 heteroatoms. The van der Waals surface area contributed by atoms with Gasteiger partial charge in [-0.05, 0) is 89.7 Å². The van der Waals surface area contributed by atoms with Crippen molar-refractivity contribution in [2.24, 2.45) is 5.10 Å². The Morgan fingerprint density at radius 1 is 0.975 bits per heavy atom. The molecule has 0 saturated carbocycles. The minimum atomic E-state index is -0.491. The molecule has 0 atom stereocenters.